The third kappa shape index (κ3) is 10.8. The first-order valence-electron chi connectivity index (χ1n) is 12.5. The molecule has 0 aromatic carbocycles. The molecule has 36 heavy (non-hydrogen) atoms. The lowest BCUT2D eigenvalue weighted by Gasteiger charge is -2.25. The minimum atomic E-state index is -0.0153. The van der Waals surface area contributed by atoms with Crippen molar-refractivity contribution in [1.82, 2.24) is 19.6 Å². The summed E-state index contributed by atoms with van der Waals surface area (Å²) in [5.41, 5.74) is 0.980. The summed E-state index contributed by atoms with van der Waals surface area (Å²) >= 11 is 0. The fourth-order valence-electron chi connectivity index (χ4n) is 3.64. The normalized spacial score (nSPS) is 14.7. The zero-order chi connectivity index (χ0) is 27.1. The molecule has 0 saturated carbocycles. The highest BCUT2D eigenvalue weighted by Crippen LogP contribution is 2.13. The van der Waals surface area contributed by atoms with Crippen molar-refractivity contribution in [3.05, 3.63) is 48.8 Å². The monoisotopic (exact) mass is 494 g/mol. The Labute approximate surface area is 216 Å². The van der Waals surface area contributed by atoms with E-state index < -0.39 is 0 Å². The van der Waals surface area contributed by atoms with Crippen molar-refractivity contribution < 1.29 is 9.59 Å². The Hall–Kier alpha value is -3.60. The van der Waals surface area contributed by atoms with E-state index in [-0.39, 0.29) is 11.8 Å². The Balaban J connectivity index is 0.00000316. The molecule has 0 unspecified atom stereocenters. The summed E-state index contributed by atoms with van der Waals surface area (Å²) in [6.07, 6.45) is 19.3. The summed E-state index contributed by atoms with van der Waals surface area (Å²) in [7, 11) is 0. The molecule has 0 fully saturated rings. The first-order valence-corrected chi connectivity index (χ1v) is 12.5. The molecule has 8 nitrogen and oxygen atoms in total. The Morgan fingerprint density at radius 2 is 1.97 bits per heavy atom. The number of terminal acetylenes is 1. The van der Waals surface area contributed by atoms with Crippen LogP contribution in [0.5, 0.6) is 0 Å². The quantitative estimate of drug-likeness (QED) is 0.151. The highest BCUT2D eigenvalue weighted by atomic mass is 16.2. The number of amidine groups is 1. The molecule has 2 rings (SSSR count). The topological polar surface area (TPSA) is 82.8 Å². The lowest BCUT2D eigenvalue weighted by molar-refractivity contribution is -0.126. The number of unbranched alkanes of at least 4 members (excludes halogenated alkanes) is 2. The van der Waals surface area contributed by atoms with Crippen LogP contribution in [0.2, 0.25) is 0 Å². The highest BCUT2D eigenvalue weighted by molar-refractivity contribution is 5.93. The molecule has 0 spiro atoms. The molecule has 1 aliphatic heterocycles. The molecular weight excluding hydrogens is 452 g/mol. The molecule has 0 aliphatic carbocycles. The zero-order valence-electron chi connectivity index (χ0n) is 22.5. The van der Waals surface area contributed by atoms with E-state index >= 15 is 0 Å². The second-order valence-electron chi connectivity index (χ2n) is 9.35. The van der Waals surface area contributed by atoms with Gasteiger partial charge in [-0.05, 0) is 57.6 Å². The van der Waals surface area contributed by atoms with Crippen molar-refractivity contribution in [3.63, 3.8) is 0 Å². The summed E-state index contributed by atoms with van der Waals surface area (Å²) < 4.78 is 1.89. The minimum Gasteiger partial charge on any atom is -0.339 e. The molecule has 0 radical (unpaired) electrons. The van der Waals surface area contributed by atoms with E-state index in [2.05, 4.69) is 62.5 Å². The minimum absolute atomic E-state index is 0.0153. The first kappa shape index (κ1) is 30.4. The van der Waals surface area contributed by atoms with E-state index in [1.807, 2.05) is 39.7 Å². The zero-order valence-corrected chi connectivity index (χ0v) is 22.5. The summed E-state index contributed by atoms with van der Waals surface area (Å²) in [5, 5.41) is 7.66. The van der Waals surface area contributed by atoms with Crippen LogP contribution in [0, 0.1) is 18.8 Å². The summed E-state index contributed by atoms with van der Waals surface area (Å²) in [5.74, 6) is 1.92. The standard InChI is InChI=1S/C26H40N6O2.C2H2/c1-7-25(33)30(18-20(2)3)14-9-8-10-15-31-19-23(11-12-26(31)34)17-27-22(6)28-24-13-16-32(29-24)21(4)5;1-2/h7,11-13,16-17,20-21H,1,8-10,14-15,18-19H2,2-6H3,(H,27,28,29);1-2H/b23-17-;. The van der Waals surface area contributed by atoms with Crippen LogP contribution in [0.25, 0.3) is 0 Å². The number of anilines is 1. The molecule has 1 aromatic heterocycles. The van der Waals surface area contributed by atoms with Gasteiger partial charge in [-0.2, -0.15) is 5.10 Å². The number of hydrogen-bond donors (Lipinski definition) is 1. The Bertz CT molecular complexity index is 968. The fourth-order valence-corrected chi connectivity index (χ4v) is 3.64. The van der Waals surface area contributed by atoms with Crippen molar-refractivity contribution >= 4 is 23.5 Å². The number of nitrogens with zero attached hydrogens (tertiary/aromatic N) is 5. The Morgan fingerprint density at radius 3 is 2.58 bits per heavy atom. The SMILES string of the molecule is C#C.C=CC(=O)N(CCCCCN1C/C(=C\N=C(C)Nc2ccn(C(C)C)n2)C=CC1=O)CC(C)C. The van der Waals surface area contributed by atoms with Crippen LogP contribution >= 0.6 is 0 Å². The molecule has 0 bridgehead atoms. The van der Waals surface area contributed by atoms with Gasteiger partial charge in [-0.25, -0.2) is 4.99 Å². The van der Waals surface area contributed by atoms with Gasteiger partial charge in [0, 0.05) is 56.8 Å². The molecule has 1 aliphatic rings. The predicted octanol–water partition coefficient (Wildman–Crippen LogP) is 4.67. The molecule has 2 heterocycles. The molecule has 196 valence electrons. The van der Waals surface area contributed by atoms with Gasteiger partial charge in [0.05, 0.1) is 0 Å². The number of nitrogens with one attached hydrogen (secondary N) is 1. The lowest BCUT2D eigenvalue weighted by atomic mass is 10.1. The number of amides is 2. The van der Waals surface area contributed by atoms with Crippen LogP contribution < -0.4 is 5.32 Å². The maximum atomic E-state index is 12.3. The second kappa shape index (κ2) is 16.1. The number of aliphatic imine (C=N–C) groups is 1. The van der Waals surface area contributed by atoms with Crippen molar-refractivity contribution in [2.24, 2.45) is 10.9 Å². The van der Waals surface area contributed by atoms with Crippen molar-refractivity contribution in [2.75, 3.05) is 31.5 Å². The van der Waals surface area contributed by atoms with Gasteiger partial charge in [-0.15, -0.1) is 12.8 Å². The number of aromatic nitrogens is 2. The number of hydrogen-bond acceptors (Lipinski definition) is 4. The largest absolute Gasteiger partial charge is 0.339 e. The summed E-state index contributed by atoms with van der Waals surface area (Å²) in [4.78, 5) is 32.5. The maximum Gasteiger partial charge on any atom is 0.246 e. The van der Waals surface area contributed by atoms with Crippen molar-refractivity contribution in [3.8, 4) is 12.8 Å². The average Bonchev–Trinajstić information content (AvgIpc) is 3.32. The number of carbonyl (C=O) groups is 2. The fraction of sp³-hybridized carbons (Fsp3) is 0.500. The lowest BCUT2D eigenvalue weighted by Crippen LogP contribution is -2.35. The molecule has 0 saturated heterocycles. The first-order chi connectivity index (χ1) is 17.2. The predicted molar refractivity (Wildman–Crippen MR) is 149 cm³/mol. The molecule has 1 N–H and O–H groups in total. The molecule has 1 aromatic rings. The molecule has 0 atom stereocenters. The van der Waals surface area contributed by atoms with E-state index in [9.17, 15) is 9.59 Å². The number of carbonyl (C=O) groups excluding carboxylic acids is 2. The summed E-state index contributed by atoms with van der Waals surface area (Å²) in [6.45, 7) is 16.5. The van der Waals surface area contributed by atoms with Crippen LogP contribution in [0.15, 0.2) is 53.8 Å². The van der Waals surface area contributed by atoms with E-state index in [4.69, 9.17) is 0 Å². The number of rotatable bonds is 12. The van der Waals surface area contributed by atoms with Crippen LogP contribution in [0.4, 0.5) is 5.82 Å². The van der Waals surface area contributed by atoms with Gasteiger partial charge < -0.3 is 15.1 Å². The van der Waals surface area contributed by atoms with Gasteiger partial charge in [-0.3, -0.25) is 14.3 Å². The van der Waals surface area contributed by atoms with E-state index in [0.717, 1.165) is 49.6 Å². The van der Waals surface area contributed by atoms with Gasteiger partial charge in [0.15, 0.2) is 5.82 Å². The highest BCUT2D eigenvalue weighted by Gasteiger charge is 2.16. The second-order valence-corrected chi connectivity index (χ2v) is 9.35. The van der Waals surface area contributed by atoms with E-state index in [1.54, 1.807) is 12.3 Å². The maximum absolute atomic E-state index is 12.3. The van der Waals surface area contributed by atoms with Crippen LogP contribution in [-0.4, -0.2) is 63.4 Å². The van der Waals surface area contributed by atoms with Gasteiger partial charge >= 0.3 is 0 Å². The van der Waals surface area contributed by atoms with Crippen LogP contribution in [0.3, 0.4) is 0 Å². The molecule has 2 amide bonds. The van der Waals surface area contributed by atoms with Crippen LogP contribution in [0.1, 0.15) is 59.9 Å². The van der Waals surface area contributed by atoms with Crippen molar-refractivity contribution in [2.45, 2.75) is 59.9 Å². The van der Waals surface area contributed by atoms with Gasteiger partial charge in [-0.1, -0.05) is 26.5 Å². The summed E-state index contributed by atoms with van der Waals surface area (Å²) in [6, 6.07) is 2.22. The van der Waals surface area contributed by atoms with Gasteiger partial charge in [0.1, 0.15) is 5.84 Å². The Kier molecular flexibility index (Phi) is 13.6. The third-order valence-electron chi connectivity index (χ3n) is 5.42. The van der Waals surface area contributed by atoms with E-state index in [1.165, 1.54) is 6.08 Å². The van der Waals surface area contributed by atoms with Gasteiger partial charge in [0.2, 0.25) is 11.8 Å². The van der Waals surface area contributed by atoms with Crippen LogP contribution in [-0.2, 0) is 9.59 Å². The van der Waals surface area contributed by atoms with Crippen molar-refractivity contribution in [1.29, 1.82) is 0 Å². The Morgan fingerprint density at radius 1 is 1.25 bits per heavy atom. The van der Waals surface area contributed by atoms with E-state index in [0.29, 0.717) is 25.0 Å². The molecule has 8 heteroatoms. The third-order valence-corrected chi connectivity index (χ3v) is 5.42. The van der Waals surface area contributed by atoms with Gasteiger partial charge in [0.25, 0.3) is 0 Å². The molecular formula is C28H42N6O2. The smallest absolute Gasteiger partial charge is 0.246 e. The average molecular weight is 495 g/mol.